The van der Waals surface area contributed by atoms with Gasteiger partial charge in [-0.1, -0.05) is 45.0 Å². The second-order valence-corrected chi connectivity index (χ2v) is 5.44. The molecule has 0 aliphatic heterocycles. The Morgan fingerprint density at radius 3 is 2.59 bits per heavy atom. The molecule has 0 saturated carbocycles. The molecule has 1 aromatic rings. The fourth-order valence-corrected chi connectivity index (χ4v) is 2.85. The van der Waals surface area contributed by atoms with Crippen LogP contribution in [-0.2, 0) is 6.42 Å². The molecule has 17 heavy (non-hydrogen) atoms. The van der Waals surface area contributed by atoms with Crippen LogP contribution in [-0.4, -0.2) is 16.1 Å². The van der Waals surface area contributed by atoms with Crippen LogP contribution in [0, 0.1) is 5.92 Å². The summed E-state index contributed by atoms with van der Waals surface area (Å²) in [5.41, 5.74) is 1.20. The summed E-state index contributed by atoms with van der Waals surface area (Å²) in [4.78, 5) is 1.36. The van der Waals surface area contributed by atoms with Crippen molar-refractivity contribution in [3.05, 3.63) is 10.6 Å². The number of aromatic nitrogens is 2. The van der Waals surface area contributed by atoms with Crippen LogP contribution < -0.4 is 5.32 Å². The lowest BCUT2D eigenvalue weighted by molar-refractivity contribution is 0.379. The van der Waals surface area contributed by atoms with E-state index in [1.54, 1.807) is 11.5 Å². The molecule has 0 spiro atoms. The number of hydrogen-bond acceptors (Lipinski definition) is 4. The second-order valence-electron chi connectivity index (χ2n) is 4.65. The summed E-state index contributed by atoms with van der Waals surface area (Å²) in [6, 6.07) is 0.432. The molecule has 4 heteroatoms. The molecule has 0 aliphatic rings. The summed E-state index contributed by atoms with van der Waals surface area (Å²) >= 11 is 1.57. The van der Waals surface area contributed by atoms with Crippen LogP contribution in [0.5, 0.6) is 0 Å². The number of aryl methyl sites for hydroxylation is 1. The Hall–Kier alpha value is -0.480. The molecular weight excluding hydrogens is 230 g/mol. The Morgan fingerprint density at radius 2 is 2.00 bits per heavy atom. The third kappa shape index (κ3) is 4.03. The van der Waals surface area contributed by atoms with Gasteiger partial charge >= 0.3 is 0 Å². The van der Waals surface area contributed by atoms with Crippen molar-refractivity contribution in [1.29, 1.82) is 0 Å². The standard InChI is InChI=1S/C13H25N3S/c1-5-8-11-13(17-16-15-11)12(10(4)7-3)14-9-6-2/h10,12,14H,5-9H2,1-4H3. The van der Waals surface area contributed by atoms with E-state index in [4.69, 9.17) is 0 Å². The molecule has 0 bridgehead atoms. The molecule has 2 unspecified atom stereocenters. The van der Waals surface area contributed by atoms with Gasteiger partial charge in [0.15, 0.2) is 0 Å². The SMILES string of the molecule is CCCNC(c1snnc1CCC)C(C)CC. The molecule has 2 atom stereocenters. The van der Waals surface area contributed by atoms with Crippen molar-refractivity contribution in [2.45, 2.75) is 59.4 Å². The predicted molar refractivity (Wildman–Crippen MR) is 74.4 cm³/mol. The first-order valence-corrected chi connectivity index (χ1v) is 7.56. The molecule has 0 aromatic carbocycles. The monoisotopic (exact) mass is 255 g/mol. The summed E-state index contributed by atoms with van der Waals surface area (Å²) in [7, 11) is 0. The zero-order valence-electron chi connectivity index (χ0n) is 11.5. The van der Waals surface area contributed by atoms with Gasteiger partial charge in [0.05, 0.1) is 10.6 Å². The van der Waals surface area contributed by atoms with E-state index in [2.05, 4.69) is 42.6 Å². The molecule has 98 valence electrons. The minimum atomic E-state index is 0.432. The Bertz CT molecular complexity index is 311. The average molecular weight is 255 g/mol. The van der Waals surface area contributed by atoms with Gasteiger partial charge in [-0.15, -0.1) is 5.10 Å². The molecule has 0 saturated heterocycles. The lowest BCUT2D eigenvalue weighted by Crippen LogP contribution is -2.27. The van der Waals surface area contributed by atoms with Crippen LogP contribution in [0.1, 0.15) is 63.6 Å². The number of rotatable bonds is 8. The van der Waals surface area contributed by atoms with Gasteiger partial charge in [0, 0.05) is 6.04 Å². The van der Waals surface area contributed by atoms with Gasteiger partial charge in [-0.3, -0.25) is 0 Å². The van der Waals surface area contributed by atoms with Gasteiger partial charge in [0.2, 0.25) is 0 Å². The highest BCUT2D eigenvalue weighted by atomic mass is 32.1. The van der Waals surface area contributed by atoms with Gasteiger partial charge in [-0.05, 0) is 36.8 Å². The van der Waals surface area contributed by atoms with Gasteiger partial charge in [0.1, 0.15) is 0 Å². The Labute approximate surface area is 109 Å². The van der Waals surface area contributed by atoms with E-state index < -0.39 is 0 Å². The van der Waals surface area contributed by atoms with E-state index in [0.717, 1.165) is 19.4 Å². The van der Waals surface area contributed by atoms with Crippen molar-refractivity contribution in [3.8, 4) is 0 Å². The maximum Gasteiger partial charge on any atom is 0.0803 e. The normalized spacial score (nSPS) is 14.8. The molecule has 1 N–H and O–H groups in total. The minimum absolute atomic E-state index is 0.432. The van der Waals surface area contributed by atoms with Crippen molar-refractivity contribution in [3.63, 3.8) is 0 Å². The van der Waals surface area contributed by atoms with Gasteiger partial charge in [0.25, 0.3) is 0 Å². The zero-order chi connectivity index (χ0) is 12.7. The highest BCUT2D eigenvalue weighted by Gasteiger charge is 2.22. The lowest BCUT2D eigenvalue weighted by Gasteiger charge is -2.23. The number of hydrogen-bond donors (Lipinski definition) is 1. The highest BCUT2D eigenvalue weighted by molar-refractivity contribution is 7.05. The lowest BCUT2D eigenvalue weighted by atomic mass is 9.96. The second kappa shape index (κ2) is 7.77. The van der Waals surface area contributed by atoms with Crippen LogP contribution in [0.25, 0.3) is 0 Å². The molecule has 3 nitrogen and oxygen atoms in total. The smallest absolute Gasteiger partial charge is 0.0803 e. The quantitative estimate of drug-likeness (QED) is 0.771. The van der Waals surface area contributed by atoms with Gasteiger partial charge in [-0.25, -0.2) is 0 Å². The van der Waals surface area contributed by atoms with Crippen molar-refractivity contribution in [2.75, 3.05) is 6.54 Å². The maximum absolute atomic E-state index is 4.28. The molecule has 1 heterocycles. The highest BCUT2D eigenvalue weighted by Crippen LogP contribution is 2.29. The molecule has 1 rings (SSSR count). The maximum atomic E-state index is 4.28. The summed E-state index contributed by atoms with van der Waals surface area (Å²) in [6.07, 6.45) is 4.54. The van der Waals surface area contributed by atoms with E-state index in [-0.39, 0.29) is 0 Å². The molecule has 0 amide bonds. The fraction of sp³-hybridized carbons (Fsp3) is 0.846. The number of nitrogens with one attached hydrogen (secondary N) is 1. The van der Waals surface area contributed by atoms with Crippen molar-refractivity contribution in [2.24, 2.45) is 5.92 Å². The Morgan fingerprint density at radius 1 is 1.24 bits per heavy atom. The Kier molecular flexibility index (Phi) is 6.66. The number of nitrogens with zero attached hydrogens (tertiary/aromatic N) is 2. The first-order valence-electron chi connectivity index (χ1n) is 6.79. The van der Waals surface area contributed by atoms with Crippen LogP contribution in [0.4, 0.5) is 0 Å². The van der Waals surface area contributed by atoms with Crippen molar-refractivity contribution < 1.29 is 0 Å². The van der Waals surface area contributed by atoms with Gasteiger partial charge in [-0.2, -0.15) is 0 Å². The first kappa shape index (κ1) is 14.6. The van der Waals surface area contributed by atoms with Crippen LogP contribution in [0.3, 0.4) is 0 Å². The molecule has 1 aromatic heterocycles. The van der Waals surface area contributed by atoms with Crippen molar-refractivity contribution in [1.82, 2.24) is 14.9 Å². The zero-order valence-corrected chi connectivity index (χ0v) is 12.3. The predicted octanol–water partition coefficient (Wildman–Crippen LogP) is 3.58. The fourth-order valence-electron chi connectivity index (χ4n) is 1.95. The third-order valence-corrected chi connectivity index (χ3v) is 4.03. The van der Waals surface area contributed by atoms with Crippen molar-refractivity contribution >= 4 is 11.5 Å². The topological polar surface area (TPSA) is 37.8 Å². The summed E-state index contributed by atoms with van der Waals surface area (Å²) in [6.45, 7) is 10.0. The van der Waals surface area contributed by atoms with E-state index in [0.29, 0.717) is 12.0 Å². The molecule has 0 radical (unpaired) electrons. The van der Waals surface area contributed by atoms with E-state index >= 15 is 0 Å². The van der Waals surface area contributed by atoms with E-state index in [1.165, 1.54) is 23.4 Å². The van der Waals surface area contributed by atoms with Crippen LogP contribution >= 0.6 is 11.5 Å². The third-order valence-electron chi connectivity index (χ3n) is 3.18. The van der Waals surface area contributed by atoms with Gasteiger partial charge < -0.3 is 5.32 Å². The van der Waals surface area contributed by atoms with E-state index in [1.807, 2.05) is 0 Å². The summed E-state index contributed by atoms with van der Waals surface area (Å²) < 4.78 is 4.14. The molecule has 0 fully saturated rings. The molecular formula is C13H25N3S. The summed E-state index contributed by atoms with van der Waals surface area (Å²) in [5.74, 6) is 0.638. The largest absolute Gasteiger partial charge is 0.309 e. The van der Waals surface area contributed by atoms with Crippen LogP contribution in [0.2, 0.25) is 0 Å². The average Bonchev–Trinajstić information content (AvgIpc) is 2.78. The minimum Gasteiger partial charge on any atom is -0.309 e. The van der Waals surface area contributed by atoms with Crippen LogP contribution in [0.15, 0.2) is 0 Å². The Balaban J connectivity index is 2.83. The summed E-state index contributed by atoms with van der Waals surface area (Å²) in [5, 5.41) is 7.93. The van der Waals surface area contributed by atoms with E-state index in [9.17, 15) is 0 Å². The first-order chi connectivity index (χ1) is 8.24. The molecule has 0 aliphatic carbocycles.